The second kappa shape index (κ2) is 9.76. The molecule has 1 N–H and O–H groups in total. The van der Waals surface area contributed by atoms with Crippen LogP contribution in [0, 0.1) is 6.92 Å². The van der Waals surface area contributed by atoms with Crippen molar-refractivity contribution in [3.8, 4) is 17.3 Å². The van der Waals surface area contributed by atoms with Gasteiger partial charge in [0.15, 0.2) is 11.5 Å². The van der Waals surface area contributed by atoms with Gasteiger partial charge in [-0.3, -0.25) is 4.79 Å². The van der Waals surface area contributed by atoms with Gasteiger partial charge in [0.2, 0.25) is 0 Å². The molecule has 5 aromatic rings. The van der Waals surface area contributed by atoms with Crippen molar-refractivity contribution in [3.63, 3.8) is 0 Å². The molecule has 0 aliphatic rings. The van der Waals surface area contributed by atoms with Crippen LogP contribution in [0.3, 0.4) is 0 Å². The molecule has 0 unspecified atom stereocenters. The van der Waals surface area contributed by atoms with Crippen molar-refractivity contribution in [2.24, 2.45) is 0 Å². The Morgan fingerprint density at radius 1 is 1.03 bits per heavy atom. The topological polar surface area (TPSA) is 99.8 Å². The first-order valence-electron chi connectivity index (χ1n) is 11.5. The second-order valence-electron chi connectivity index (χ2n) is 8.09. The summed E-state index contributed by atoms with van der Waals surface area (Å²) in [5, 5.41) is 12.7. The van der Waals surface area contributed by atoms with Gasteiger partial charge in [-0.25, -0.2) is 14.6 Å². The van der Waals surface area contributed by atoms with E-state index in [9.17, 15) is 4.79 Å². The predicted molar refractivity (Wildman–Crippen MR) is 133 cm³/mol. The average Bonchev–Trinajstić information content (AvgIpc) is 3.48. The van der Waals surface area contributed by atoms with Gasteiger partial charge in [-0.15, -0.1) is 0 Å². The van der Waals surface area contributed by atoms with Gasteiger partial charge in [-0.2, -0.15) is 14.9 Å². The Morgan fingerprint density at radius 3 is 2.60 bits per heavy atom. The largest absolute Gasteiger partial charge is 0.494 e. The Balaban J connectivity index is 1.43. The van der Waals surface area contributed by atoms with Crippen LogP contribution in [0.15, 0.2) is 73.2 Å². The number of amides is 1. The number of ether oxygens (including phenoxy) is 1. The van der Waals surface area contributed by atoms with Gasteiger partial charge in [0, 0.05) is 11.6 Å². The summed E-state index contributed by atoms with van der Waals surface area (Å²) >= 11 is 0. The Hall–Kier alpha value is -4.53. The van der Waals surface area contributed by atoms with Gasteiger partial charge in [-0.05, 0) is 49.7 Å². The first-order valence-corrected chi connectivity index (χ1v) is 11.5. The number of hydrogen-bond donors (Lipinski definition) is 1. The van der Waals surface area contributed by atoms with E-state index in [4.69, 9.17) is 4.74 Å². The van der Waals surface area contributed by atoms with Crippen molar-refractivity contribution in [1.82, 2.24) is 29.5 Å². The maximum Gasteiger partial charge on any atom is 0.256 e. The first-order chi connectivity index (χ1) is 17.1. The number of hydrogen-bond acceptors (Lipinski definition) is 6. The number of carbonyl (C=O) groups is 1. The first kappa shape index (κ1) is 22.3. The zero-order valence-corrected chi connectivity index (χ0v) is 19.5. The van der Waals surface area contributed by atoms with Gasteiger partial charge in [0.1, 0.15) is 17.9 Å². The SMILES string of the molecule is CCCCOc1ccc(C(=O)Nc2cc(C)nn2-c2ncnc3c2cnn3-c2ccccc2)cc1. The molecule has 35 heavy (non-hydrogen) atoms. The molecule has 9 nitrogen and oxygen atoms in total. The number of fused-ring (bicyclic) bond motifs is 1. The highest BCUT2D eigenvalue weighted by molar-refractivity contribution is 6.04. The number of aromatic nitrogens is 6. The third-order valence-electron chi connectivity index (χ3n) is 5.50. The van der Waals surface area contributed by atoms with Crippen LogP contribution in [-0.2, 0) is 0 Å². The van der Waals surface area contributed by atoms with Gasteiger partial charge >= 0.3 is 0 Å². The van der Waals surface area contributed by atoms with E-state index in [1.165, 1.54) is 6.33 Å². The van der Waals surface area contributed by atoms with Crippen molar-refractivity contribution in [3.05, 3.63) is 84.4 Å². The average molecular weight is 468 g/mol. The Morgan fingerprint density at radius 2 is 1.83 bits per heavy atom. The van der Waals surface area contributed by atoms with Crippen molar-refractivity contribution in [2.75, 3.05) is 11.9 Å². The Kier molecular flexibility index (Phi) is 6.21. The van der Waals surface area contributed by atoms with Crippen LogP contribution in [0.2, 0.25) is 0 Å². The summed E-state index contributed by atoms with van der Waals surface area (Å²) in [4.78, 5) is 21.9. The van der Waals surface area contributed by atoms with Gasteiger partial charge in [0.05, 0.1) is 29.6 Å². The molecule has 1 amide bonds. The lowest BCUT2D eigenvalue weighted by Gasteiger charge is -2.10. The summed E-state index contributed by atoms with van der Waals surface area (Å²) < 4.78 is 9.04. The number of anilines is 1. The molecule has 0 bridgehead atoms. The summed E-state index contributed by atoms with van der Waals surface area (Å²) in [6.07, 6.45) is 5.24. The maximum absolute atomic E-state index is 13.0. The van der Waals surface area contributed by atoms with E-state index < -0.39 is 0 Å². The standard InChI is InChI=1S/C26H25N7O2/c1-3-4-14-35-21-12-10-19(11-13-21)26(34)30-23-15-18(2)31-33(23)25-22-16-29-32(24(22)27-17-28-25)20-8-6-5-7-9-20/h5-13,15-17H,3-4,14H2,1-2H3,(H,30,34). The zero-order chi connectivity index (χ0) is 24.2. The molecule has 5 rings (SSSR count). The van der Waals surface area contributed by atoms with Crippen molar-refractivity contribution < 1.29 is 9.53 Å². The van der Waals surface area contributed by atoms with Crippen LogP contribution in [0.25, 0.3) is 22.5 Å². The highest BCUT2D eigenvalue weighted by Crippen LogP contribution is 2.24. The smallest absolute Gasteiger partial charge is 0.256 e. The molecular weight excluding hydrogens is 442 g/mol. The number of para-hydroxylation sites is 1. The lowest BCUT2D eigenvalue weighted by molar-refractivity contribution is 0.102. The molecular formula is C26H25N7O2. The normalized spacial score (nSPS) is 11.0. The Bertz CT molecular complexity index is 1460. The molecule has 3 aromatic heterocycles. The van der Waals surface area contributed by atoms with Crippen LogP contribution in [0.4, 0.5) is 5.82 Å². The summed E-state index contributed by atoms with van der Waals surface area (Å²) in [5.41, 5.74) is 2.79. The van der Waals surface area contributed by atoms with Crippen LogP contribution in [-0.4, -0.2) is 42.0 Å². The summed E-state index contributed by atoms with van der Waals surface area (Å²) in [5.74, 6) is 1.52. The molecule has 3 heterocycles. The van der Waals surface area contributed by atoms with Crippen LogP contribution in [0.5, 0.6) is 5.75 Å². The third kappa shape index (κ3) is 4.61. The second-order valence-corrected chi connectivity index (χ2v) is 8.09. The molecule has 0 saturated carbocycles. The summed E-state index contributed by atoms with van der Waals surface area (Å²) in [6.45, 7) is 4.64. The number of unbranched alkanes of at least 4 members (excludes halogenated alkanes) is 1. The maximum atomic E-state index is 13.0. The molecule has 9 heteroatoms. The van der Waals surface area contributed by atoms with Crippen molar-refractivity contribution >= 4 is 22.8 Å². The molecule has 0 radical (unpaired) electrons. The summed E-state index contributed by atoms with van der Waals surface area (Å²) in [6, 6.07) is 18.7. The molecule has 0 saturated heterocycles. The van der Waals surface area contributed by atoms with Gasteiger partial charge in [-0.1, -0.05) is 31.5 Å². The number of nitrogens with one attached hydrogen (secondary N) is 1. The fraction of sp³-hybridized carbons (Fsp3) is 0.192. The van der Waals surface area contributed by atoms with Crippen LogP contribution < -0.4 is 10.1 Å². The van der Waals surface area contributed by atoms with E-state index in [-0.39, 0.29) is 5.91 Å². The number of carbonyl (C=O) groups excluding carboxylic acids is 1. The van der Waals surface area contributed by atoms with Crippen molar-refractivity contribution in [1.29, 1.82) is 0 Å². The zero-order valence-electron chi connectivity index (χ0n) is 19.5. The number of nitrogens with zero attached hydrogens (tertiary/aromatic N) is 6. The van der Waals surface area contributed by atoms with E-state index in [1.54, 1.807) is 45.9 Å². The summed E-state index contributed by atoms with van der Waals surface area (Å²) in [7, 11) is 0. The highest BCUT2D eigenvalue weighted by Gasteiger charge is 2.18. The quantitative estimate of drug-likeness (QED) is 0.331. The highest BCUT2D eigenvalue weighted by atomic mass is 16.5. The Labute approximate surface area is 202 Å². The van der Waals surface area contributed by atoms with Crippen LogP contribution in [0.1, 0.15) is 35.8 Å². The number of aryl methyl sites for hydroxylation is 1. The minimum atomic E-state index is -0.253. The lowest BCUT2D eigenvalue weighted by atomic mass is 10.2. The molecule has 0 fully saturated rings. The molecule has 0 aliphatic carbocycles. The molecule has 2 aromatic carbocycles. The lowest BCUT2D eigenvalue weighted by Crippen LogP contribution is -2.15. The van der Waals surface area contributed by atoms with E-state index >= 15 is 0 Å². The molecule has 0 spiro atoms. The predicted octanol–water partition coefficient (Wildman–Crippen LogP) is 4.74. The van der Waals surface area contributed by atoms with Gasteiger partial charge in [0.25, 0.3) is 5.91 Å². The van der Waals surface area contributed by atoms with Crippen molar-refractivity contribution in [2.45, 2.75) is 26.7 Å². The minimum Gasteiger partial charge on any atom is -0.494 e. The number of benzene rings is 2. The molecule has 0 atom stereocenters. The van der Waals surface area contributed by atoms with E-state index in [0.29, 0.717) is 34.8 Å². The fourth-order valence-electron chi connectivity index (χ4n) is 3.73. The number of rotatable bonds is 8. The fourth-order valence-corrected chi connectivity index (χ4v) is 3.73. The third-order valence-corrected chi connectivity index (χ3v) is 5.50. The van der Waals surface area contributed by atoms with E-state index in [2.05, 4.69) is 32.4 Å². The van der Waals surface area contributed by atoms with E-state index in [1.807, 2.05) is 37.3 Å². The molecule has 176 valence electrons. The monoisotopic (exact) mass is 467 g/mol. The van der Waals surface area contributed by atoms with E-state index in [0.717, 1.165) is 30.0 Å². The van der Waals surface area contributed by atoms with Gasteiger partial charge < -0.3 is 10.1 Å². The van der Waals surface area contributed by atoms with Crippen LogP contribution >= 0.6 is 0 Å². The minimum absolute atomic E-state index is 0.253. The molecule has 0 aliphatic heterocycles.